The van der Waals surface area contributed by atoms with Crippen LogP contribution in [0.3, 0.4) is 0 Å². The molecule has 0 saturated carbocycles. The first kappa shape index (κ1) is 21.6. The van der Waals surface area contributed by atoms with Crippen molar-refractivity contribution in [2.75, 3.05) is 31.8 Å². The molecule has 2 rings (SSSR count). The smallest absolute Gasteiger partial charge is 0.221 e. The molecule has 2 aromatic rings. The van der Waals surface area contributed by atoms with Crippen LogP contribution < -0.4 is 20.7 Å². The Balaban J connectivity index is 1.78. The van der Waals surface area contributed by atoms with E-state index in [4.69, 9.17) is 4.74 Å². The summed E-state index contributed by atoms with van der Waals surface area (Å²) in [5.41, 5.74) is 3.22. The number of carbonyl (C=O) groups excluding carboxylic acids is 1. The highest BCUT2D eigenvalue weighted by atomic mass is 32.2. The zero-order valence-corrected chi connectivity index (χ0v) is 17.7. The van der Waals surface area contributed by atoms with Gasteiger partial charge in [-0.25, -0.2) is 0 Å². The first-order valence-corrected chi connectivity index (χ1v) is 10.3. The first-order valence-electron chi connectivity index (χ1n) is 9.10. The van der Waals surface area contributed by atoms with E-state index >= 15 is 0 Å². The number of rotatable bonds is 8. The van der Waals surface area contributed by atoms with Crippen LogP contribution in [0.1, 0.15) is 18.1 Å². The maximum atomic E-state index is 11.1. The lowest BCUT2D eigenvalue weighted by atomic mass is 10.1. The zero-order chi connectivity index (χ0) is 20.4. The van der Waals surface area contributed by atoms with Gasteiger partial charge >= 0.3 is 0 Å². The van der Waals surface area contributed by atoms with Gasteiger partial charge in [-0.15, -0.1) is 11.8 Å². The molecule has 0 aromatic heterocycles. The number of thioether (sulfide) groups is 1. The summed E-state index contributed by atoms with van der Waals surface area (Å²) in [7, 11) is 1.75. The molecule has 0 heterocycles. The molecule has 28 heavy (non-hydrogen) atoms. The van der Waals surface area contributed by atoms with Gasteiger partial charge in [-0.1, -0.05) is 18.2 Å². The molecule has 0 spiro atoms. The third-order valence-corrected chi connectivity index (χ3v) is 4.75. The lowest BCUT2D eigenvalue weighted by molar-refractivity contribution is -0.114. The van der Waals surface area contributed by atoms with Crippen molar-refractivity contribution >= 4 is 29.3 Å². The van der Waals surface area contributed by atoms with E-state index in [1.54, 1.807) is 24.9 Å². The Morgan fingerprint density at radius 2 is 2.00 bits per heavy atom. The Morgan fingerprint density at radius 1 is 1.18 bits per heavy atom. The van der Waals surface area contributed by atoms with Crippen molar-refractivity contribution in [2.45, 2.75) is 25.3 Å². The summed E-state index contributed by atoms with van der Waals surface area (Å²) in [5, 5.41) is 9.32. The van der Waals surface area contributed by atoms with Crippen molar-refractivity contribution in [3.8, 4) is 5.75 Å². The molecule has 0 aliphatic rings. The second-order valence-electron chi connectivity index (χ2n) is 6.23. The van der Waals surface area contributed by atoms with Crippen molar-refractivity contribution in [3.63, 3.8) is 0 Å². The number of nitrogens with zero attached hydrogens (tertiary/aromatic N) is 1. The quantitative estimate of drug-likeness (QED) is 0.274. The Kier molecular flexibility index (Phi) is 8.68. The highest BCUT2D eigenvalue weighted by Crippen LogP contribution is 2.21. The third-order valence-electron chi connectivity index (χ3n) is 3.93. The lowest BCUT2D eigenvalue weighted by Gasteiger charge is -2.14. The minimum atomic E-state index is -0.105. The second kappa shape index (κ2) is 11.2. The van der Waals surface area contributed by atoms with Crippen LogP contribution in [0.2, 0.25) is 0 Å². The van der Waals surface area contributed by atoms with E-state index in [9.17, 15) is 4.79 Å². The number of carbonyl (C=O) groups is 1. The molecule has 6 nitrogen and oxygen atoms in total. The van der Waals surface area contributed by atoms with E-state index in [2.05, 4.69) is 52.3 Å². The van der Waals surface area contributed by atoms with Crippen molar-refractivity contribution < 1.29 is 9.53 Å². The highest BCUT2D eigenvalue weighted by Gasteiger charge is 2.04. The number of aryl methyl sites for hydroxylation is 1. The van der Waals surface area contributed by atoms with Gasteiger partial charge in [-0.2, -0.15) is 0 Å². The van der Waals surface area contributed by atoms with Gasteiger partial charge in [0.25, 0.3) is 0 Å². The van der Waals surface area contributed by atoms with Crippen LogP contribution in [0.5, 0.6) is 5.75 Å². The van der Waals surface area contributed by atoms with E-state index in [1.165, 1.54) is 22.9 Å². The van der Waals surface area contributed by atoms with Gasteiger partial charge in [0.1, 0.15) is 12.4 Å². The fourth-order valence-corrected chi connectivity index (χ4v) is 3.31. The summed E-state index contributed by atoms with van der Waals surface area (Å²) >= 11 is 1.75. The molecule has 0 saturated heterocycles. The van der Waals surface area contributed by atoms with Gasteiger partial charge in [0, 0.05) is 37.2 Å². The van der Waals surface area contributed by atoms with Gasteiger partial charge < -0.3 is 20.7 Å². The topological polar surface area (TPSA) is 74.8 Å². The van der Waals surface area contributed by atoms with E-state index in [0.717, 1.165) is 11.6 Å². The highest BCUT2D eigenvalue weighted by molar-refractivity contribution is 7.98. The number of hydrogen-bond acceptors (Lipinski definition) is 4. The lowest BCUT2D eigenvalue weighted by Crippen LogP contribution is -2.39. The number of nitrogens with one attached hydrogen (secondary N) is 3. The molecule has 0 fully saturated rings. The number of hydrogen-bond donors (Lipinski definition) is 3. The molecular weight excluding hydrogens is 372 g/mol. The summed E-state index contributed by atoms with van der Waals surface area (Å²) in [6.45, 7) is 5.37. The molecular formula is C21H28N4O2S. The fourth-order valence-electron chi connectivity index (χ4n) is 2.60. The minimum Gasteiger partial charge on any atom is -0.492 e. The van der Waals surface area contributed by atoms with E-state index in [1.807, 2.05) is 18.2 Å². The average molecular weight is 401 g/mol. The van der Waals surface area contributed by atoms with Crippen LogP contribution >= 0.6 is 11.8 Å². The summed E-state index contributed by atoms with van der Waals surface area (Å²) in [6, 6.07) is 13.8. The molecule has 0 aliphatic carbocycles. The molecule has 1 amide bonds. The van der Waals surface area contributed by atoms with E-state index in [-0.39, 0.29) is 5.91 Å². The number of guanidine groups is 1. The Morgan fingerprint density at radius 3 is 2.71 bits per heavy atom. The van der Waals surface area contributed by atoms with Crippen LogP contribution in [0.25, 0.3) is 0 Å². The zero-order valence-electron chi connectivity index (χ0n) is 16.8. The van der Waals surface area contributed by atoms with Gasteiger partial charge in [0.05, 0.1) is 6.54 Å². The van der Waals surface area contributed by atoms with Gasteiger partial charge in [0.2, 0.25) is 5.91 Å². The predicted molar refractivity (Wildman–Crippen MR) is 117 cm³/mol. The molecule has 2 aromatic carbocycles. The summed E-state index contributed by atoms with van der Waals surface area (Å²) in [5.74, 6) is 1.33. The molecule has 150 valence electrons. The van der Waals surface area contributed by atoms with E-state index < -0.39 is 0 Å². The number of ether oxygens (including phenoxy) is 1. The van der Waals surface area contributed by atoms with Gasteiger partial charge in [-0.05, 0) is 42.5 Å². The van der Waals surface area contributed by atoms with Crippen molar-refractivity contribution in [1.82, 2.24) is 10.6 Å². The van der Waals surface area contributed by atoms with Crippen molar-refractivity contribution in [1.29, 1.82) is 0 Å². The van der Waals surface area contributed by atoms with Crippen LogP contribution in [0.15, 0.2) is 52.4 Å². The minimum absolute atomic E-state index is 0.105. The molecule has 0 atom stereocenters. The largest absolute Gasteiger partial charge is 0.492 e. The second-order valence-corrected chi connectivity index (χ2v) is 7.07. The molecule has 0 radical (unpaired) electrons. The monoisotopic (exact) mass is 400 g/mol. The molecule has 7 heteroatoms. The van der Waals surface area contributed by atoms with E-state index in [0.29, 0.717) is 25.4 Å². The summed E-state index contributed by atoms with van der Waals surface area (Å²) in [6.07, 6.45) is 2.09. The molecule has 0 aliphatic heterocycles. The van der Waals surface area contributed by atoms with Crippen molar-refractivity contribution in [3.05, 3.63) is 53.6 Å². The number of aliphatic imine (C=N–C) groups is 1. The summed E-state index contributed by atoms with van der Waals surface area (Å²) in [4.78, 5) is 16.7. The molecule has 0 unspecified atom stereocenters. The first-order chi connectivity index (χ1) is 13.5. The average Bonchev–Trinajstić information content (AvgIpc) is 2.68. The predicted octanol–water partition coefficient (Wildman–Crippen LogP) is 3.42. The SMILES string of the molecule is CN=C(NCCOc1cccc(NC(C)=O)c1)NCc1ccc(C)cc1SC. The Hall–Kier alpha value is -2.67. The maximum Gasteiger partial charge on any atom is 0.221 e. The Bertz CT molecular complexity index is 824. The Labute approximate surface area is 171 Å². The summed E-state index contributed by atoms with van der Waals surface area (Å²) < 4.78 is 5.74. The normalized spacial score (nSPS) is 11.1. The number of amides is 1. The number of benzene rings is 2. The van der Waals surface area contributed by atoms with Crippen LogP contribution in [0, 0.1) is 6.92 Å². The molecule has 3 N–H and O–H groups in total. The molecule has 0 bridgehead atoms. The van der Waals surface area contributed by atoms with Crippen LogP contribution in [0.4, 0.5) is 5.69 Å². The third kappa shape index (κ3) is 7.15. The fraction of sp³-hybridized carbons (Fsp3) is 0.333. The standard InChI is InChI=1S/C21H28N4O2S/c1-15-8-9-17(20(12-15)28-4)14-24-21(22-3)23-10-11-27-19-7-5-6-18(13-19)25-16(2)26/h5-9,12-13H,10-11,14H2,1-4H3,(H,25,26)(H2,22,23,24). The number of anilines is 1. The van der Waals surface area contributed by atoms with Gasteiger partial charge in [-0.3, -0.25) is 9.79 Å². The maximum absolute atomic E-state index is 11.1. The van der Waals surface area contributed by atoms with Crippen LogP contribution in [-0.2, 0) is 11.3 Å². The van der Waals surface area contributed by atoms with Crippen LogP contribution in [-0.4, -0.2) is 38.3 Å². The van der Waals surface area contributed by atoms with Crippen molar-refractivity contribution in [2.24, 2.45) is 4.99 Å². The van der Waals surface area contributed by atoms with Gasteiger partial charge in [0.15, 0.2) is 5.96 Å².